The Bertz CT molecular complexity index is 223. The second kappa shape index (κ2) is 22.1. The number of ether oxygens (including phenoxy) is 2. The van der Waals surface area contributed by atoms with E-state index in [1.807, 2.05) is 0 Å². The van der Waals surface area contributed by atoms with E-state index in [9.17, 15) is 19.2 Å². The smallest absolute Gasteiger partial charge is 0.302 e. The molecular formula is C12H26N2O6. The van der Waals surface area contributed by atoms with Crippen molar-refractivity contribution in [3.63, 3.8) is 0 Å². The van der Waals surface area contributed by atoms with E-state index in [1.54, 1.807) is 14.1 Å². The fourth-order valence-electron chi connectivity index (χ4n) is 0. The van der Waals surface area contributed by atoms with Gasteiger partial charge in [-0.3, -0.25) is 19.2 Å². The summed E-state index contributed by atoms with van der Waals surface area (Å²) >= 11 is 0. The van der Waals surface area contributed by atoms with Crippen LogP contribution in [0.4, 0.5) is 0 Å². The van der Waals surface area contributed by atoms with Crippen LogP contribution in [0.15, 0.2) is 0 Å². The Balaban J connectivity index is -0.0000000853. The van der Waals surface area contributed by atoms with Gasteiger partial charge in [-0.1, -0.05) is 0 Å². The standard InChI is InChI=1S/2C3H7NO.2C3H6O2/c2*1-3(5)4-2;2*1-3(4)5-2/h2*1-2H3,(H,4,5);2*1-2H3. The van der Waals surface area contributed by atoms with Gasteiger partial charge in [0.1, 0.15) is 0 Å². The van der Waals surface area contributed by atoms with Crippen LogP contribution in [-0.2, 0) is 28.7 Å². The number of hydrogen-bond donors (Lipinski definition) is 2. The van der Waals surface area contributed by atoms with Gasteiger partial charge in [0, 0.05) is 41.8 Å². The van der Waals surface area contributed by atoms with E-state index in [4.69, 9.17) is 0 Å². The fourth-order valence-corrected chi connectivity index (χ4v) is 0. The van der Waals surface area contributed by atoms with Crippen molar-refractivity contribution in [2.24, 2.45) is 0 Å². The number of hydrogen-bond acceptors (Lipinski definition) is 6. The lowest BCUT2D eigenvalue weighted by Crippen LogP contribution is -2.11. The van der Waals surface area contributed by atoms with Crippen LogP contribution in [-0.4, -0.2) is 52.1 Å². The van der Waals surface area contributed by atoms with Crippen LogP contribution in [0.3, 0.4) is 0 Å². The van der Waals surface area contributed by atoms with Crippen LogP contribution in [0, 0.1) is 0 Å². The fraction of sp³-hybridized carbons (Fsp3) is 0.667. The summed E-state index contributed by atoms with van der Waals surface area (Å²) < 4.78 is 8.22. The minimum atomic E-state index is -0.245. The zero-order valence-corrected chi connectivity index (χ0v) is 13.4. The van der Waals surface area contributed by atoms with Crippen molar-refractivity contribution < 1.29 is 28.7 Å². The molecule has 120 valence electrons. The van der Waals surface area contributed by atoms with Crippen LogP contribution in [0.2, 0.25) is 0 Å². The van der Waals surface area contributed by atoms with Gasteiger partial charge in [0.05, 0.1) is 14.2 Å². The lowest BCUT2D eigenvalue weighted by molar-refractivity contribution is -0.138. The Labute approximate surface area is 120 Å². The third-order valence-electron chi connectivity index (χ3n) is 1.28. The van der Waals surface area contributed by atoms with Crippen molar-refractivity contribution in [1.82, 2.24) is 10.6 Å². The first-order valence-corrected chi connectivity index (χ1v) is 5.54. The summed E-state index contributed by atoms with van der Waals surface area (Å²) in [5, 5.41) is 4.78. The number of carbonyl (C=O) groups is 4. The molecule has 0 fully saturated rings. The molecular weight excluding hydrogens is 268 g/mol. The number of amides is 2. The monoisotopic (exact) mass is 294 g/mol. The molecule has 0 unspecified atom stereocenters. The number of esters is 2. The maximum absolute atomic E-state index is 9.70. The van der Waals surface area contributed by atoms with Gasteiger partial charge in [-0.25, -0.2) is 0 Å². The molecule has 0 atom stereocenters. The molecule has 0 aromatic rings. The summed E-state index contributed by atoms with van der Waals surface area (Å²) in [6.07, 6.45) is 0. The van der Waals surface area contributed by atoms with Gasteiger partial charge in [0.2, 0.25) is 11.8 Å². The van der Waals surface area contributed by atoms with Crippen molar-refractivity contribution in [3.05, 3.63) is 0 Å². The second-order valence-corrected chi connectivity index (χ2v) is 3.00. The highest BCUT2D eigenvalue weighted by Crippen LogP contribution is 1.60. The molecule has 0 aromatic heterocycles. The molecule has 8 nitrogen and oxygen atoms in total. The summed E-state index contributed by atoms with van der Waals surface area (Å²) in [6.45, 7) is 5.67. The van der Waals surface area contributed by atoms with Crippen molar-refractivity contribution in [1.29, 1.82) is 0 Å². The van der Waals surface area contributed by atoms with Gasteiger partial charge in [0.25, 0.3) is 0 Å². The van der Waals surface area contributed by atoms with E-state index in [0.29, 0.717) is 0 Å². The minimum absolute atomic E-state index is 0.00463. The number of methoxy groups -OCH3 is 2. The summed E-state index contributed by atoms with van der Waals surface area (Å²) in [5.74, 6) is -0.481. The third kappa shape index (κ3) is 102. The Hall–Kier alpha value is -2.12. The number of carbonyl (C=O) groups excluding carboxylic acids is 4. The number of rotatable bonds is 0. The molecule has 20 heavy (non-hydrogen) atoms. The number of nitrogens with one attached hydrogen (secondary N) is 2. The lowest BCUT2D eigenvalue weighted by atomic mass is 10.7. The predicted molar refractivity (Wildman–Crippen MR) is 74.9 cm³/mol. The maximum Gasteiger partial charge on any atom is 0.302 e. The topological polar surface area (TPSA) is 111 Å². The predicted octanol–water partition coefficient (Wildman–Crippen LogP) is -0.137. The van der Waals surface area contributed by atoms with Gasteiger partial charge >= 0.3 is 11.9 Å². The molecule has 0 aromatic carbocycles. The average Bonchev–Trinajstić information content (AvgIpc) is 2.40. The van der Waals surface area contributed by atoms with Crippen LogP contribution in [0.1, 0.15) is 27.7 Å². The molecule has 0 saturated carbocycles. The molecule has 0 bridgehead atoms. The molecule has 0 heterocycles. The SMILES string of the molecule is CNC(C)=O.CNC(C)=O.COC(C)=O.COC(C)=O. The Kier molecular flexibility index (Phi) is 29.2. The van der Waals surface area contributed by atoms with Crippen LogP contribution in [0.25, 0.3) is 0 Å². The lowest BCUT2D eigenvalue weighted by Gasteiger charge is -1.80. The molecule has 0 aliphatic rings. The zero-order valence-electron chi connectivity index (χ0n) is 13.4. The summed E-state index contributed by atoms with van der Waals surface area (Å²) in [6, 6.07) is 0. The first-order valence-electron chi connectivity index (χ1n) is 5.54. The summed E-state index contributed by atoms with van der Waals surface area (Å²) in [4.78, 5) is 38.6. The van der Waals surface area contributed by atoms with E-state index < -0.39 is 0 Å². The van der Waals surface area contributed by atoms with Gasteiger partial charge in [0.15, 0.2) is 0 Å². The molecule has 0 saturated heterocycles. The molecule has 0 aliphatic heterocycles. The first-order chi connectivity index (χ1) is 9.08. The van der Waals surface area contributed by atoms with Crippen LogP contribution >= 0.6 is 0 Å². The molecule has 2 amide bonds. The van der Waals surface area contributed by atoms with E-state index in [-0.39, 0.29) is 23.8 Å². The molecule has 2 N–H and O–H groups in total. The largest absolute Gasteiger partial charge is 0.469 e. The van der Waals surface area contributed by atoms with Gasteiger partial charge in [-0.05, 0) is 0 Å². The molecule has 0 rings (SSSR count). The first kappa shape index (κ1) is 26.4. The van der Waals surface area contributed by atoms with Crippen molar-refractivity contribution in [2.75, 3.05) is 28.3 Å². The quantitative estimate of drug-likeness (QED) is 0.602. The molecule has 0 radical (unpaired) electrons. The highest BCUT2D eigenvalue weighted by molar-refractivity contribution is 5.72. The van der Waals surface area contributed by atoms with Crippen LogP contribution in [0.5, 0.6) is 0 Å². The Morgan fingerprint density at radius 2 is 0.750 bits per heavy atom. The van der Waals surface area contributed by atoms with Crippen molar-refractivity contribution >= 4 is 23.8 Å². The molecule has 8 heteroatoms. The van der Waals surface area contributed by atoms with Gasteiger partial charge in [-0.15, -0.1) is 0 Å². The Morgan fingerprint density at radius 3 is 0.750 bits per heavy atom. The highest BCUT2D eigenvalue weighted by Gasteiger charge is 1.76. The van der Waals surface area contributed by atoms with Crippen LogP contribution < -0.4 is 10.6 Å². The van der Waals surface area contributed by atoms with Gasteiger partial charge < -0.3 is 20.1 Å². The zero-order chi connectivity index (χ0) is 17.1. The normalized spacial score (nSPS) is 6.80. The Morgan fingerprint density at radius 1 is 0.650 bits per heavy atom. The van der Waals surface area contributed by atoms with E-state index in [2.05, 4.69) is 20.1 Å². The van der Waals surface area contributed by atoms with E-state index >= 15 is 0 Å². The van der Waals surface area contributed by atoms with E-state index in [1.165, 1.54) is 41.9 Å². The maximum atomic E-state index is 9.70. The summed E-state index contributed by atoms with van der Waals surface area (Å²) in [5.41, 5.74) is 0. The van der Waals surface area contributed by atoms with E-state index in [0.717, 1.165) is 0 Å². The molecule has 0 aliphatic carbocycles. The minimum Gasteiger partial charge on any atom is -0.469 e. The van der Waals surface area contributed by atoms with Crippen molar-refractivity contribution in [2.45, 2.75) is 27.7 Å². The third-order valence-corrected chi connectivity index (χ3v) is 1.28. The average molecular weight is 294 g/mol. The highest BCUT2D eigenvalue weighted by atomic mass is 16.5. The van der Waals surface area contributed by atoms with Crippen molar-refractivity contribution in [3.8, 4) is 0 Å². The van der Waals surface area contributed by atoms with Gasteiger partial charge in [-0.2, -0.15) is 0 Å². The summed E-state index contributed by atoms with van der Waals surface area (Å²) in [7, 11) is 5.90. The molecule has 0 spiro atoms. The second-order valence-electron chi connectivity index (χ2n) is 3.00.